The highest BCUT2D eigenvalue weighted by atomic mass is 16.3. The quantitative estimate of drug-likeness (QED) is 0.650. The molecule has 2 rings (SSSR count). The van der Waals surface area contributed by atoms with Gasteiger partial charge in [-0.3, -0.25) is 14.9 Å². The van der Waals surface area contributed by atoms with Gasteiger partial charge in [0, 0.05) is 11.6 Å². The van der Waals surface area contributed by atoms with Crippen molar-refractivity contribution in [3.8, 4) is 0 Å². The maximum atomic E-state index is 10.6. The molecule has 1 heterocycles. The lowest BCUT2D eigenvalue weighted by atomic mass is 10.3. The summed E-state index contributed by atoms with van der Waals surface area (Å²) in [7, 11) is 0. The first-order chi connectivity index (χ1) is 7.66. The number of carbonyl (C=O) groups is 1. The lowest BCUT2D eigenvalue weighted by Gasteiger charge is -2.14. The van der Waals surface area contributed by atoms with Gasteiger partial charge in [-0.2, -0.15) is 0 Å². The number of benzene rings is 1. The molecule has 0 aliphatic carbocycles. The van der Waals surface area contributed by atoms with Gasteiger partial charge in [0.15, 0.2) is 0 Å². The largest absolute Gasteiger partial charge is 0.372 e. The minimum Gasteiger partial charge on any atom is -0.372 e. The Morgan fingerprint density at radius 2 is 2.19 bits per heavy atom. The monoisotopic (exact) mass is 219 g/mol. The molecule has 5 nitrogen and oxygen atoms in total. The van der Waals surface area contributed by atoms with Crippen molar-refractivity contribution in [2.24, 2.45) is 5.73 Å². The molecule has 0 saturated heterocycles. The maximum Gasteiger partial charge on any atom is 0.222 e. The van der Waals surface area contributed by atoms with Crippen LogP contribution in [0.15, 0.2) is 36.5 Å². The number of rotatable bonds is 4. The molecule has 0 fully saturated rings. The normalized spacial score (nSPS) is 12.6. The van der Waals surface area contributed by atoms with Crippen LogP contribution in [0.25, 0.3) is 10.9 Å². The van der Waals surface area contributed by atoms with E-state index in [1.807, 2.05) is 30.3 Å². The fourth-order valence-corrected chi connectivity index (χ4v) is 1.59. The van der Waals surface area contributed by atoms with Crippen LogP contribution < -0.4 is 11.2 Å². The molecule has 84 valence electrons. The Balaban J connectivity index is 2.18. The third kappa shape index (κ3) is 2.14. The smallest absolute Gasteiger partial charge is 0.222 e. The Morgan fingerprint density at radius 3 is 2.94 bits per heavy atom. The van der Waals surface area contributed by atoms with Crippen LogP contribution >= 0.6 is 0 Å². The van der Waals surface area contributed by atoms with Gasteiger partial charge < -0.3 is 10.8 Å². The number of aromatic nitrogens is 1. The predicted molar refractivity (Wildman–Crippen MR) is 61.1 cm³/mol. The molecule has 0 bridgehead atoms. The highest BCUT2D eigenvalue weighted by molar-refractivity contribution is 5.80. The van der Waals surface area contributed by atoms with E-state index >= 15 is 0 Å². The summed E-state index contributed by atoms with van der Waals surface area (Å²) >= 11 is 0. The second kappa shape index (κ2) is 4.24. The first-order valence-corrected chi connectivity index (χ1v) is 4.96. The van der Waals surface area contributed by atoms with E-state index < -0.39 is 12.1 Å². The average molecular weight is 219 g/mol. The van der Waals surface area contributed by atoms with Crippen LogP contribution in [-0.4, -0.2) is 21.9 Å². The SMILES string of the molecule is NC(=O)CC(O)Nn1ccc2ccccc21. The molecule has 2 aromatic rings. The van der Waals surface area contributed by atoms with E-state index in [0.717, 1.165) is 10.9 Å². The van der Waals surface area contributed by atoms with Crippen LogP contribution in [0.3, 0.4) is 0 Å². The zero-order valence-electron chi connectivity index (χ0n) is 8.63. The van der Waals surface area contributed by atoms with Gasteiger partial charge in [0.25, 0.3) is 0 Å². The van der Waals surface area contributed by atoms with Gasteiger partial charge in [-0.05, 0) is 12.1 Å². The van der Waals surface area contributed by atoms with E-state index in [2.05, 4.69) is 5.43 Å². The second-order valence-corrected chi connectivity index (χ2v) is 3.56. The standard InChI is InChI=1S/C11H13N3O2/c12-10(15)7-11(16)13-14-6-5-8-3-1-2-4-9(8)14/h1-6,11,13,16H,7H2,(H2,12,15). The zero-order chi connectivity index (χ0) is 11.5. The summed E-state index contributed by atoms with van der Waals surface area (Å²) in [6, 6.07) is 9.64. The summed E-state index contributed by atoms with van der Waals surface area (Å²) in [5.74, 6) is -0.545. The molecule has 0 aliphatic rings. The van der Waals surface area contributed by atoms with Crippen molar-refractivity contribution in [1.29, 1.82) is 0 Å². The van der Waals surface area contributed by atoms with E-state index in [0.29, 0.717) is 0 Å². The topological polar surface area (TPSA) is 80.3 Å². The molecule has 1 atom stereocenters. The van der Waals surface area contributed by atoms with Gasteiger partial charge in [0.05, 0.1) is 11.9 Å². The van der Waals surface area contributed by atoms with Crippen LogP contribution in [0.1, 0.15) is 6.42 Å². The Bertz CT molecular complexity index is 507. The first kappa shape index (κ1) is 10.5. The minimum absolute atomic E-state index is 0.119. The number of aliphatic hydroxyl groups is 1. The number of carbonyl (C=O) groups excluding carboxylic acids is 1. The Hall–Kier alpha value is -2.01. The summed E-state index contributed by atoms with van der Waals surface area (Å²) < 4.78 is 1.67. The summed E-state index contributed by atoms with van der Waals surface area (Å²) in [6.07, 6.45) is 0.690. The number of nitrogens with one attached hydrogen (secondary N) is 1. The van der Waals surface area contributed by atoms with Crippen molar-refractivity contribution < 1.29 is 9.90 Å². The molecule has 1 aromatic heterocycles. The lowest BCUT2D eigenvalue weighted by Crippen LogP contribution is -2.31. The average Bonchev–Trinajstić information content (AvgIpc) is 2.61. The Labute approximate surface area is 92.4 Å². The van der Waals surface area contributed by atoms with Crippen LogP contribution in [0.2, 0.25) is 0 Å². The summed E-state index contributed by atoms with van der Waals surface area (Å²) in [4.78, 5) is 10.6. The van der Waals surface area contributed by atoms with E-state index in [1.165, 1.54) is 0 Å². The molecule has 1 unspecified atom stereocenters. The van der Waals surface area contributed by atoms with Crippen molar-refractivity contribution in [2.45, 2.75) is 12.6 Å². The molecular weight excluding hydrogens is 206 g/mol. The van der Waals surface area contributed by atoms with Gasteiger partial charge in [0.1, 0.15) is 6.23 Å². The number of amides is 1. The number of hydrogen-bond donors (Lipinski definition) is 3. The van der Waals surface area contributed by atoms with Crippen molar-refractivity contribution in [1.82, 2.24) is 4.68 Å². The number of nitrogens with zero attached hydrogens (tertiary/aromatic N) is 1. The van der Waals surface area contributed by atoms with Crippen molar-refractivity contribution in [3.05, 3.63) is 36.5 Å². The molecule has 0 radical (unpaired) electrons. The third-order valence-corrected chi connectivity index (χ3v) is 2.28. The van der Waals surface area contributed by atoms with Crippen LogP contribution in [0.5, 0.6) is 0 Å². The van der Waals surface area contributed by atoms with Gasteiger partial charge in [0.2, 0.25) is 5.91 Å². The number of primary amides is 1. The molecule has 5 heteroatoms. The minimum atomic E-state index is -0.978. The zero-order valence-corrected chi connectivity index (χ0v) is 8.63. The third-order valence-electron chi connectivity index (χ3n) is 2.28. The molecule has 0 spiro atoms. The number of fused-ring (bicyclic) bond motifs is 1. The van der Waals surface area contributed by atoms with Crippen LogP contribution in [0.4, 0.5) is 0 Å². The summed E-state index contributed by atoms with van der Waals surface area (Å²) in [5, 5.41) is 10.6. The summed E-state index contributed by atoms with van der Waals surface area (Å²) in [6.45, 7) is 0. The highest BCUT2D eigenvalue weighted by Gasteiger charge is 2.08. The van der Waals surface area contributed by atoms with Crippen LogP contribution in [-0.2, 0) is 4.79 Å². The van der Waals surface area contributed by atoms with Gasteiger partial charge in [-0.15, -0.1) is 0 Å². The molecule has 1 amide bonds. The fourth-order valence-electron chi connectivity index (χ4n) is 1.59. The van der Waals surface area contributed by atoms with E-state index in [-0.39, 0.29) is 6.42 Å². The highest BCUT2D eigenvalue weighted by Crippen LogP contribution is 2.13. The Morgan fingerprint density at radius 1 is 1.44 bits per heavy atom. The van der Waals surface area contributed by atoms with Gasteiger partial charge in [-0.1, -0.05) is 18.2 Å². The van der Waals surface area contributed by atoms with Crippen LogP contribution in [0, 0.1) is 0 Å². The number of hydrogen-bond acceptors (Lipinski definition) is 3. The molecule has 16 heavy (non-hydrogen) atoms. The molecule has 0 saturated carbocycles. The van der Waals surface area contributed by atoms with Crippen molar-refractivity contribution >= 4 is 16.8 Å². The van der Waals surface area contributed by atoms with Crippen molar-refractivity contribution in [3.63, 3.8) is 0 Å². The maximum absolute atomic E-state index is 10.6. The summed E-state index contributed by atoms with van der Waals surface area (Å²) in [5.41, 5.74) is 8.69. The van der Waals surface area contributed by atoms with Gasteiger partial charge >= 0.3 is 0 Å². The molecule has 4 N–H and O–H groups in total. The van der Waals surface area contributed by atoms with E-state index in [4.69, 9.17) is 5.73 Å². The van der Waals surface area contributed by atoms with E-state index in [1.54, 1.807) is 10.9 Å². The fraction of sp³-hybridized carbons (Fsp3) is 0.182. The number of para-hydroxylation sites is 1. The first-order valence-electron chi connectivity index (χ1n) is 4.96. The number of nitrogens with two attached hydrogens (primary N) is 1. The molecule has 0 aliphatic heterocycles. The van der Waals surface area contributed by atoms with E-state index in [9.17, 15) is 9.90 Å². The lowest BCUT2D eigenvalue weighted by molar-refractivity contribution is -0.119. The Kier molecular flexibility index (Phi) is 2.78. The predicted octanol–water partition coefficient (Wildman–Crippen LogP) is 0.379. The molecule has 1 aromatic carbocycles. The molecular formula is C11H13N3O2. The number of aliphatic hydroxyl groups excluding tert-OH is 1. The second-order valence-electron chi connectivity index (χ2n) is 3.56. The van der Waals surface area contributed by atoms with Gasteiger partial charge in [-0.25, -0.2) is 0 Å². The van der Waals surface area contributed by atoms with Crippen molar-refractivity contribution in [2.75, 3.05) is 5.43 Å².